The van der Waals surface area contributed by atoms with Crippen molar-refractivity contribution in [3.8, 4) is 22.9 Å². The predicted octanol–water partition coefficient (Wildman–Crippen LogP) is 7.28. The van der Waals surface area contributed by atoms with E-state index in [2.05, 4.69) is 46.4 Å². The van der Waals surface area contributed by atoms with Crippen LogP contribution in [-0.2, 0) is 40.7 Å². The number of pyridine rings is 1. The highest BCUT2D eigenvalue weighted by atomic mass is 16.5. The van der Waals surface area contributed by atoms with E-state index >= 15 is 0 Å². The van der Waals surface area contributed by atoms with Gasteiger partial charge in [-0.05, 0) is 132 Å². The number of piperidine rings is 2. The van der Waals surface area contributed by atoms with Crippen LogP contribution in [0.15, 0.2) is 90.2 Å². The summed E-state index contributed by atoms with van der Waals surface area (Å²) in [4.78, 5) is 76.9. The highest BCUT2D eigenvalue weighted by molar-refractivity contribution is 6.07. The number of fused-ring (bicyclic) bond motifs is 2. The fourth-order valence-corrected chi connectivity index (χ4v) is 10.2. The number of nitrogens with one attached hydrogen (secondary N) is 5. The number of unbranched alkanes of at least 4 members (excludes halogenated alkanes) is 5. The van der Waals surface area contributed by atoms with Crippen molar-refractivity contribution < 1.29 is 47.7 Å². The summed E-state index contributed by atoms with van der Waals surface area (Å²) in [6.45, 7) is 6.19. The molecule has 4 aliphatic rings. The smallest absolute Gasteiger partial charge is 0.276 e. The molecule has 0 aliphatic carbocycles. The highest BCUT2D eigenvalue weighted by Crippen LogP contribution is 2.37. The number of amides is 5. The van der Waals surface area contributed by atoms with Gasteiger partial charge in [0.1, 0.15) is 17.5 Å². The number of nitrogens with zero attached hydrogens (tertiary/aromatic N) is 5. The van der Waals surface area contributed by atoms with Gasteiger partial charge in [-0.25, -0.2) is 4.99 Å². The summed E-state index contributed by atoms with van der Waals surface area (Å²) in [7, 11) is 0. The summed E-state index contributed by atoms with van der Waals surface area (Å²) in [5, 5.41) is 21.4. The molecule has 2 atom stereocenters. The fourth-order valence-electron chi connectivity index (χ4n) is 10.2. The molecule has 2 fully saturated rings. The second-order valence-corrected chi connectivity index (χ2v) is 20.0. The van der Waals surface area contributed by atoms with Crippen LogP contribution in [0.3, 0.4) is 0 Å². The minimum absolute atomic E-state index is 0.0941. The Morgan fingerprint density at radius 3 is 2.33 bits per heavy atom. The lowest BCUT2D eigenvalue weighted by Gasteiger charge is -2.37. The van der Waals surface area contributed by atoms with Crippen LogP contribution in [0.25, 0.3) is 11.4 Å². The van der Waals surface area contributed by atoms with Crippen molar-refractivity contribution >= 4 is 47.1 Å². The molecule has 0 spiro atoms. The zero-order valence-electron chi connectivity index (χ0n) is 44.1. The third-order valence-electron chi connectivity index (χ3n) is 14.5. The van der Waals surface area contributed by atoms with Crippen LogP contribution in [0.1, 0.15) is 127 Å². The molecule has 20 nitrogen and oxygen atoms in total. The number of rotatable bonds is 28. The van der Waals surface area contributed by atoms with E-state index < -0.39 is 17.5 Å². The van der Waals surface area contributed by atoms with E-state index in [1.165, 1.54) is 4.90 Å². The molecule has 0 saturated carbocycles. The molecular weight excluding hydrogens is 997 g/mol. The lowest BCUT2D eigenvalue weighted by atomic mass is 9.87. The van der Waals surface area contributed by atoms with Gasteiger partial charge in [-0.3, -0.25) is 34.3 Å². The van der Waals surface area contributed by atoms with E-state index in [9.17, 15) is 24.0 Å². The van der Waals surface area contributed by atoms with Crippen LogP contribution in [0, 0.1) is 0 Å². The van der Waals surface area contributed by atoms with Crippen molar-refractivity contribution in [3.63, 3.8) is 0 Å². The van der Waals surface area contributed by atoms with E-state index in [1.54, 1.807) is 42.9 Å². The molecule has 0 bridgehead atoms. The van der Waals surface area contributed by atoms with Crippen molar-refractivity contribution in [2.24, 2.45) is 4.99 Å². The first kappa shape index (κ1) is 55.4. The van der Waals surface area contributed by atoms with Gasteiger partial charge < -0.3 is 49.5 Å². The molecule has 4 aliphatic heterocycles. The molecule has 5 amide bonds. The maximum atomic E-state index is 13.5. The highest BCUT2D eigenvalue weighted by Gasteiger charge is 2.40. The largest absolute Gasteiger partial charge is 0.494 e. The van der Waals surface area contributed by atoms with Crippen LogP contribution in [0.4, 0.5) is 11.4 Å². The first-order chi connectivity index (χ1) is 38.2. The summed E-state index contributed by atoms with van der Waals surface area (Å²) < 4.78 is 29.2. The minimum Gasteiger partial charge on any atom is -0.494 e. The zero-order valence-corrected chi connectivity index (χ0v) is 44.1. The topological polar surface area (TPSA) is 250 Å². The zero-order chi connectivity index (χ0) is 53.9. The molecule has 5 aromatic rings. The van der Waals surface area contributed by atoms with Crippen LogP contribution < -0.4 is 30.7 Å². The summed E-state index contributed by atoms with van der Waals surface area (Å²) >= 11 is 0. The van der Waals surface area contributed by atoms with Crippen molar-refractivity contribution in [3.05, 3.63) is 113 Å². The Morgan fingerprint density at radius 1 is 0.808 bits per heavy atom. The fraction of sp³-hybridized carbons (Fsp3) is 0.466. The van der Waals surface area contributed by atoms with Crippen LogP contribution in [0.2, 0.25) is 0 Å². The Kier molecular flexibility index (Phi) is 19.7. The van der Waals surface area contributed by atoms with Crippen molar-refractivity contribution in [2.75, 3.05) is 76.6 Å². The second kappa shape index (κ2) is 27.8. The average Bonchev–Trinajstić information content (AvgIpc) is 4.21. The Morgan fingerprint density at radius 2 is 1.55 bits per heavy atom. The number of benzene rings is 3. The van der Waals surface area contributed by atoms with E-state index in [4.69, 9.17) is 23.7 Å². The summed E-state index contributed by atoms with van der Waals surface area (Å²) in [5.74, 6) is 1.35. The number of carbonyl (C=O) groups is 5. The van der Waals surface area contributed by atoms with Gasteiger partial charge in [-0.15, -0.1) is 10.2 Å². The number of imide groups is 1. The number of anilines is 2. The Bertz CT molecular complexity index is 2870. The Balaban J connectivity index is 0.593. The molecule has 2 aromatic heterocycles. The maximum absolute atomic E-state index is 13.5. The number of ether oxygens (including phenoxy) is 5. The number of aromatic nitrogens is 4. The van der Waals surface area contributed by atoms with Gasteiger partial charge in [-0.2, -0.15) is 0 Å². The number of hydrogen-bond acceptors (Lipinski definition) is 15. The SMILES string of the molecule is O=C1CCC(N2Cc3c(NC(=O)CCCCCOCCOCCOCCCCCCOc4ccc5c(c4)C(C=NC(=O)c4cccc(NC6(c7nnc(-c8ccncc8)[nH]7)CCNCC6)c4)CCO5)cccc3C2=O)C(=O)N1. The van der Waals surface area contributed by atoms with Crippen molar-refractivity contribution in [1.82, 2.24) is 35.7 Å². The standard InChI is InChI=1S/C58H70N10O10/c69-51(62-48-13-9-12-45-47(48)39-68(56(45)73)49-16-18-52(70)63-55(49)72)14-4-3-6-29-75-33-35-76-34-32-74-28-5-1-2-7-30-77-44-15-17-50-46(37-44)42(21-31-78-50)38-61-54(71)41-10-8-11-43(36-41)65-58(22-26-60-27-23-58)57-64-53(66-67-57)40-19-24-59-25-20-40/h8-13,15,17,19-20,24-25,36-38,42,49,60,65H,1-7,14,16,18,21-23,26-35,39H2,(H,62,69)(H,63,70,72)(H,64,66,67). The summed E-state index contributed by atoms with van der Waals surface area (Å²) in [5.41, 5.74) is 4.37. The number of aliphatic imine (C=N–C) groups is 1. The Hall–Kier alpha value is -7.39. The molecule has 2 unspecified atom stereocenters. The lowest BCUT2D eigenvalue weighted by molar-refractivity contribution is -0.137. The average molecular weight is 1070 g/mol. The lowest BCUT2D eigenvalue weighted by Crippen LogP contribution is -2.52. The van der Waals surface area contributed by atoms with Crippen LogP contribution in [-0.4, -0.2) is 133 Å². The molecule has 3 aromatic carbocycles. The van der Waals surface area contributed by atoms with Gasteiger partial charge in [0.2, 0.25) is 17.7 Å². The number of carbonyl (C=O) groups excluding carboxylic acids is 5. The molecule has 2 saturated heterocycles. The quantitative estimate of drug-likeness (QED) is 0.0188. The second-order valence-electron chi connectivity index (χ2n) is 20.0. The van der Waals surface area contributed by atoms with E-state index in [-0.39, 0.29) is 48.9 Å². The van der Waals surface area contributed by atoms with E-state index in [0.29, 0.717) is 100 Å². The molecular formula is C58H70N10O10. The maximum Gasteiger partial charge on any atom is 0.276 e. The monoisotopic (exact) mass is 1070 g/mol. The van der Waals surface area contributed by atoms with E-state index in [0.717, 1.165) is 98.6 Å². The number of hydrogen-bond donors (Lipinski definition) is 5. The molecule has 20 heteroatoms. The minimum atomic E-state index is -0.708. The molecule has 412 valence electrons. The van der Waals surface area contributed by atoms with Gasteiger partial charge in [0.05, 0.1) is 45.2 Å². The summed E-state index contributed by atoms with van der Waals surface area (Å²) in [6, 6.07) is 21.6. The van der Waals surface area contributed by atoms with Gasteiger partial charge in [0, 0.05) is 96.3 Å². The molecule has 5 N–H and O–H groups in total. The first-order valence-corrected chi connectivity index (χ1v) is 27.4. The normalized spacial score (nSPS) is 17.8. The molecule has 9 rings (SSSR count). The van der Waals surface area contributed by atoms with Gasteiger partial charge in [0.15, 0.2) is 11.6 Å². The number of aromatic amines is 1. The van der Waals surface area contributed by atoms with Crippen molar-refractivity contribution in [2.45, 2.75) is 108 Å². The van der Waals surface area contributed by atoms with Crippen LogP contribution >= 0.6 is 0 Å². The van der Waals surface area contributed by atoms with E-state index in [1.807, 2.05) is 48.5 Å². The predicted molar refractivity (Wildman–Crippen MR) is 292 cm³/mol. The third kappa shape index (κ3) is 14.8. The third-order valence-corrected chi connectivity index (χ3v) is 14.5. The molecule has 0 radical (unpaired) electrons. The first-order valence-electron chi connectivity index (χ1n) is 27.4. The molecule has 78 heavy (non-hydrogen) atoms. The van der Waals surface area contributed by atoms with Gasteiger partial charge >= 0.3 is 0 Å². The number of H-pyrrole nitrogens is 1. The Labute approximate surface area is 454 Å². The van der Waals surface area contributed by atoms with Gasteiger partial charge in [0.25, 0.3) is 11.8 Å². The summed E-state index contributed by atoms with van der Waals surface area (Å²) in [6.07, 6.45) is 14.5. The molecule has 6 heterocycles. The van der Waals surface area contributed by atoms with Crippen LogP contribution in [0.5, 0.6) is 11.5 Å². The van der Waals surface area contributed by atoms with Gasteiger partial charge in [-0.1, -0.05) is 25.0 Å². The van der Waals surface area contributed by atoms with Crippen molar-refractivity contribution in [1.29, 1.82) is 0 Å².